The highest BCUT2D eigenvalue weighted by Crippen LogP contribution is 2.26. The van der Waals surface area contributed by atoms with Crippen molar-refractivity contribution in [2.75, 3.05) is 12.4 Å². The monoisotopic (exact) mass is 319 g/mol. The van der Waals surface area contributed by atoms with Crippen molar-refractivity contribution < 1.29 is 9.53 Å². The molecule has 5 nitrogen and oxygen atoms in total. The smallest absolute Gasteiger partial charge is 0.230 e. The lowest BCUT2D eigenvalue weighted by atomic mass is 10.1. The van der Waals surface area contributed by atoms with Crippen molar-refractivity contribution in [1.82, 2.24) is 10.2 Å². The average Bonchev–Trinajstić information content (AvgIpc) is 2.96. The molecule has 22 heavy (non-hydrogen) atoms. The van der Waals surface area contributed by atoms with Gasteiger partial charge >= 0.3 is 0 Å². The third kappa shape index (κ3) is 4.53. The molecule has 6 heteroatoms. The minimum atomic E-state index is -0.0870. The zero-order valence-electron chi connectivity index (χ0n) is 13.1. The standard InChI is InChI=1S/C16H21N3O2S/c1-4-5-11(2)15-18-19-16(22-15)17-14(20)10-12-6-8-13(21-3)9-7-12/h6-9,11H,4-5,10H2,1-3H3,(H,17,19,20)/t11-/m1/s1. The molecule has 2 rings (SSSR count). The number of rotatable bonds is 7. The quantitative estimate of drug-likeness (QED) is 0.846. The van der Waals surface area contributed by atoms with Gasteiger partial charge in [-0.3, -0.25) is 4.79 Å². The Labute approximate surface area is 134 Å². The van der Waals surface area contributed by atoms with E-state index in [-0.39, 0.29) is 5.91 Å². The molecule has 0 saturated carbocycles. The molecule has 1 amide bonds. The molecule has 1 atom stereocenters. The van der Waals surface area contributed by atoms with Crippen LogP contribution >= 0.6 is 11.3 Å². The summed E-state index contributed by atoms with van der Waals surface area (Å²) in [7, 11) is 1.62. The van der Waals surface area contributed by atoms with Crippen LogP contribution in [0.5, 0.6) is 5.75 Å². The third-order valence-corrected chi connectivity index (χ3v) is 4.42. The molecular formula is C16H21N3O2S. The first kappa shape index (κ1) is 16.4. The molecule has 0 saturated heterocycles. The van der Waals surface area contributed by atoms with Crippen molar-refractivity contribution in [2.24, 2.45) is 0 Å². The Morgan fingerprint density at radius 1 is 1.32 bits per heavy atom. The van der Waals surface area contributed by atoms with Gasteiger partial charge in [0.05, 0.1) is 13.5 Å². The van der Waals surface area contributed by atoms with E-state index in [1.807, 2.05) is 24.3 Å². The van der Waals surface area contributed by atoms with E-state index in [1.54, 1.807) is 7.11 Å². The second-order valence-corrected chi connectivity index (χ2v) is 6.22. The van der Waals surface area contributed by atoms with Crippen LogP contribution in [0, 0.1) is 0 Å². The first-order valence-electron chi connectivity index (χ1n) is 7.38. The number of aromatic nitrogens is 2. The summed E-state index contributed by atoms with van der Waals surface area (Å²) >= 11 is 1.45. The first-order chi connectivity index (χ1) is 10.6. The lowest BCUT2D eigenvalue weighted by Crippen LogP contribution is -2.14. The molecule has 0 aliphatic carbocycles. The number of hydrogen-bond donors (Lipinski definition) is 1. The van der Waals surface area contributed by atoms with E-state index in [2.05, 4.69) is 29.4 Å². The van der Waals surface area contributed by atoms with Gasteiger partial charge in [0.2, 0.25) is 11.0 Å². The van der Waals surface area contributed by atoms with E-state index in [1.165, 1.54) is 11.3 Å². The lowest BCUT2D eigenvalue weighted by molar-refractivity contribution is -0.115. The fraction of sp³-hybridized carbons (Fsp3) is 0.438. The van der Waals surface area contributed by atoms with Gasteiger partial charge in [-0.1, -0.05) is 43.7 Å². The van der Waals surface area contributed by atoms with Gasteiger partial charge in [0.25, 0.3) is 0 Å². The van der Waals surface area contributed by atoms with E-state index in [4.69, 9.17) is 4.74 Å². The Kier molecular flexibility index (Phi) is 5.89. The number of methoxy groups -OCH3 is 1. The molecule has 0 fully saturated rings. The maximum absolute atomic E-state index is 12.0. The highest BCUT2D eigenvalue weighted by atomic mass is 32.1. The first-order valence-corrected chi connectivity index (χ1v) is 8.20. The Bertz CT molecular complexity index is 610. The number of anilines is 1. The predicted octanol–water partition coefficient (Wildman–Crippen LogP) is 3.63. The maximum atomic E-state index is 12.0. The summed E-state index contributed by atoms with van der Waals surface area (Å²) in [4.78, 5) is 12.0. The second-order valence-electron chi connectivity index (χ2n) is 5.21. The SMILES string of the molecule is CCC[C@@H](C)c1nnc(NC(=O)Cc2ccc(OC)cc2)s1. The van der Waals surface area contributed by atoms with Gasteiger partial charge < -0.3 is 10.1 Å². The highest BCUT2D eigenvalue weighted by Gasteiger charge is 2.13. The van der Waals surface area contributed by atoms with Gasteiger partial charge in [-0.05, 0) is 24.1 Å². The normalized spacial score (nSPS) is 12.0. The molecule has 1 aromatic heterocycles. The van der Waals surface area contributed by atoms with Crippen molar-refractivity contribution >= 4 is 22.4 Å². The van der Waals surface area contributed by atoms with Crippen LogP contribution in [0.2, 0.25) is 0 Å². The number of ether oxygens (including phenoxy) is 1. The Morgan fingerprint density at radius 3 is 2.68 bits per heavy atom. The molecule has 0 aliphatic rings. The number of nitrogens with one attached hydrogen (secondary N) is 1. The fourth-order valence-electron chi connectivity index (χ4n) is 2.13. The maximum Gasteiger partial charge on any atom is 0.230 e. The molecule has 118 valence electrons. The van der Waals surface area contributed by atoms with Crippen molar-refractivity contribution in [1.29, 1.82) is 0 Å². The number of carbonyl (C=O) groups excluding carboxylic acids is 1. The third-order valence-electron chi connectivity index (χ3n) is 3.35. The number of benzene rings is 1. The fourth-order valence-corrected chi connectivity index (χ4v) is 2.98. The number of hydrogen-bond acceptors (Lipinski definition) is 5. The molecule has 0 radical (unpaired) electrons. The highest BCUT2D eigenvalue weighted by molar-refractivity contribution is 7.15. The van der Waals surface area contributed by atoms with Crippen LogP contribution in [-0.4, -0.2) is 23.2 Å². The summed E-state index contributed by atoms with van der Waals surface area (Å²) in [5.74, 6) is 1.08. The van der Waals surface area contributed by atoms with Crippen LogP contribution in [0.1, 0.15) is 43.2 Å². The van der Waals surface area contributed by atoms with Gasteiger partial charge in [-0.2, -0.15) is 0 Å². The molecule has 0 spiro atoms. The van der Waals surface area contributed by atoms with Crippen molar-refractivity contribution in [3.8, 4) is 5.75 Å². The molecule has 1 heterocycles. The Hall–Kier alpha value is -1.95. The van der Waals surface area contributed by atoms with Gasteiger partial charge in [0.1, 0.15) is 10.8 Å². The van der Waals surface area contributed by atoms with Gasteiger partial charge in [0, 0.05) is 5.92 Å². The van der Waals surface area contributed by atoms with Gasteiger partial charge in [-0.15, -0.1) is 10.2 Å². The molecule has 0 unspecified atom stereocenters. The summed E-state index contributed by atoms with van der Waals surface area (Å²) in [6.07, 6.45) is 2.50. The average molecular weight is 319 g/mol. The van der Waals surface area contributed by atoms with Crippen LogP contribution in [-0.2, 0) is 11.2 Å². The number of carbonyl (C=O) groups is 1. The molecule has 0 bridgehead atoms. The minimum absolute atomic E-state index is 0.0870. The molecular weight excluding hydrogens is 298 g/mol. The summed E-state index contributed by atoms with van der Waals surface area (Å²) in [6, 6.07) is 7.46. The summed E-state index contributed by atoms with van der Waals surface area (Å²) in [6.45, 7) is 4.28. The summed E-state index contributed by atoms with van der Waals surface area (Å²) < 4.78 is 5.10. The Balaban J connectivity index is 1.91. The van der Waals surface area contributed by atoms with E-state index < -0.39 is 0 Å². The van der Waals surface area contributed by atoms with Crippen molar-refractivity contribution in [3.05, 3.63) is 34.8 Å². The zero-order valence-corrected chi connectivity index (χ0v) is 13.9. The van der Waals surface area contributed by atoms with Crippen LogP contribution in [0.3, 0.4) is 0 Å². The van der Waals surface area contributed by atoms with E-state index in [9.17, 15) is 4.79 Å². The Morgan fingerprint density at radius 2 is 2.05 bits per heavy atom. The van der Waals surface area contributed by atoms with Crippen molar-refractivity contribution in [3.63, 3.8) is 0 Å². The number of nitrogens with zero attached hydrogens (tertiary/aromatic N) is 2. The summed E-state index contributed by atoms with van der Waals surface area (Å²) in [5, 5.41) is 12.6. The van der Waals surface area contributed by atoms with E-state index >= 15 is 0 Å². The topological polar surface area (TPSA) is 64.1 Å². The second kappa shape index (κ2) is 7.89. The van der Waals surface area contributed by atoms with Crippen LogP contribution in [0.4, 0.5) is 5.13 Å². The molecule has 2 aromatic rings. The van der Waals surface area contributed by atoms with Gasteiger partial charge in [0.15, 0.2) is 0 Å². The molecule has 0 aliphatic heterocycles. The van der Waals surface area contributed by atoms with Crippen LogP contribution in [0.25, 0.3) is 0 Å². The van der Waals surface area contributed by atoms with Crippen LogP contribution in [0.15, 0.2) is 24.3 Å². The lowest BCUT2D eigenvalue weighted by Gasteiger charge is -2.04. The predicted molar refractivity (Wildman–Crippen MR) is 88.6 cm³/mol. The minimum Gasteiger partial charge on any atom is -0.497 e. The van der Waals surface area contributed by atoms with Gasteiger partial charge in [-0.25, -0.2) is 0 Å². The van der Waals surface area contributed by atoms with E-state index in [0.717, 1.165) is 29.2 Å². The molecule has 1 N–H and O–H groups in total. The van der Waals surface area contributed by atoms with Crippen LogP contribution < -0.4 is 10.1 Å². The number of amides is 1. The largest absolute Gasteiger partial charge is 0.497 e. The van der Waals surface area contributed by atoms with Crippen molar-refractivity contribution in [2.45, 2.75) is 39.0 Å². The summed E-state index contributed by atoms with van der Waals surface area (Å²) in [5.41, 5.74) is 0.933. The molecule has 1 aromatic carbocycles. The van der Waals surface area contributed by atoms with E-state index in [0.29, 0.717) is 17.5 Å². The zero-order chi connectivity index (χ0) is 15.9.